The van der Waals surface area contributed by atoms with Crippen LogP contribution >= 0.6 is 38.9 Å². The number of thiophene rings is 1. The van der Waals surface area contributed by atoms with Crippen LogP contribution in [0.15, 0.2) is 27.8 Å². The van der Waals surface area contributed by atoms with Crippen molar-refractivity contribution >= 4 is 44.7 Å². The number of anilines is 1. The molecule has 0 amide bonds. The first-order valence-corrected chi connectivity index (χ1v) is 6.61. The Hall–Kier alpha value is -0.650. The van der Waals surface area contributed by atoms with Crippen molar-refractivity contribution in [2.24, 2.45) is 0 Å². The number of halogens is 2. The molecule has 2 aromatic heterocycles. The Morgan fingerprint density at radius 3 is 3.00 bits per heavy atom. The second kappa shape index (κ2) is 5.12. The molecular formula is C10H9BrClN3S. The molecule has 0 aliphatic carbocycles. The predicted octanol–water partition coefficient (Wildman–Crippen LogP) is 3.59. The lowest BCUT2D eigenvalue weighted by Crippen LogP contribution is -2.17. The first kappa shape index (κ1) is 11.8. The van der Waals surface area contributed by atoms with Gasteiger partial charge in [0.25, 0.3) is 0 Å². The average Bonchev–Trinajstić information content (AvgIpc) is 2.64. The zero-order valence-electron chi connectivity index (χ0n) is 8.52. The molecule has 84 valence electrons. The fourth-order valence-corrected chi connectivity index (χ4v) is 2.81. The summed E-state index contributed by atoms with van der Waals surface area (Å²) in [5.41, 5.74) is 1.23. The monoisotopic (exact) mass is 317 g/mol. The van der Waals surface area contributed by atoms with Crippen LogP contribution in [-0.2, 0) is 6.54 Å². The van der Waals surface area contributed by atoms with Crippen LogP contribution in [-0.4, -0.2) is 17.0 Å². The highest BCUT2D eigenvalue weighted by Gasteiger charge is 2.08. The molecule has 0 aliphatic rings. The topological polar surface area (TPSA) is 29.0 Å². The van der Waals surface area contributed by atoms with E-state index in [0.29, 0.717) is 5.02 Å². The van der Waals surface area contributed by atoms with E-state index in [1.54, 1.807) is 17.5 Å². The standard InChI is InChI=1S/C10H9BrClN3S/c1-15(4-7-2-9(11)16-5-7)10-8(12)3-13-6-14-10/h2-3,5-6H,4H2,1H3. The zero-order valence-corrected chi connectivity index (χ0v) is 11.7. The highest BCUT2D eigenvalue weighted by atomic mass is 79.9. The lowest BCUT2D eigenvalue weighted by atomic mass is 10.3. The van der Waals surface area contributed by atoms with Gasteiger partial charge in [-0.05, 0) is 32.9 Å². The Balaban J connectivity index is 2.14. The minimum atomic E-state index is 0.569. The van der Waals surface area contributed by atoms with Gasteiger partial charge >= 0.3 is 0 Å². The van der Waals surface area contributed by atoms with Crippen molar-refractivity contribution in [2.75, 3.05) is 11.9 Å². The van der Waals surface area contributed by atoms with Crippen LogP contribution in [0.25, 0.3) is 0 Å². The molecule has 2 aromatic rings. The van der Waals surface area contributed by atoms with Crippen molar-refractivity contribution in [2.45, 2.75) is 6.54 Å². The van der Waals surface area contributed by atoms with Crippen LogP contribution in [0.1, 0.15) is 5.56 Å². The Labute approximate surface area is 111 Å². The highest BCUT2D eigenvalue weighted by molar-refractivity contribution is 9.11. The molecule has 6 heteroatoms. The van der Waals surface area contributed by atoms with Crippen molar-refractivity contribution in [3.8, 4) is 0 Å². The second-order valence-electron chi connectivity index (χ2n) is 3.31. The maximum absolute atomic E-state index is 6.02. The summed E-state index contributed by atoms with van der Waals surface area (Å²) in [4.78, 5) is 10.0. The van der Waals surface area contributed by atoms with Gasteiger partial charge in [0.15, 0.2) is 5.82 Å². The molecule has 0 saturated heterocycles. The number of rotatable bonds is 3. The quantitative estimate of drug-likeness (QED) is 0.866. The van der Waals surface area contributed by atoms with Gasteiger partial charge < -0.3 is 4.90 Å². The predicted molar refractivity (Wildman–Crippen MR) is 71.2 cm³/mol. The molecule has 0 unspecified atom stereocenters. The van der Waals surface area contributed by atoms with Gasteiger partial charge in [-0.25, -0.2) is 9.97 Å². The van der Waals surface area contributed by atoms with E-state index in [1.807, 2.05) is 11.9 Å². The molecule has 16 heavy (non-hydrogen) atoms. The minimum absolute atomic E-state index is 0.569. The molecule has 0 spiro atoms. The zero-order chi connectivity index (χ0) is 11.5. The van der Waals surface area contributed by atoms with Crippen LogP contribution in [0.3, 0.4) is 0 Å². The molecule has 0 radical (unpaired) electrons. The summed E-state index contributed by atoms with van der Waals surface area (Å²) in [5.74, 6) is 0.749. The summed E-state index contributed by atoms with van der Waals surface area (Å²) < 4.78 is 1.13. The smallest absolute Gasteiger partial charge is 0.150 e. The molecule has 0 fully saturated rings. The van der Waals surface area contributed by atoms with Gasteiger partial charge in [-0.15, -0.1) is 11.3 Å². The molecule has 0 N–H and O–H groups in total. The number of hydrogen-bond acceptors (Lipinski definition) is 4. The van der Waals surface area contributed by atoms with E-state index in [0.717, 1.165) is 16.1 Å². The maximum Gasteiger partial charge on any atom is 0.150 e. The molecule has 2 rings (SSSR count). The molecule has 0 aromatic carbocycles. The van der Waals surface area contributed by atoms with E-state index < -0.39 is 0 Å². The lowest BCUT2D eigenvalue weighted by Gasteiger charge is -2.17. The summed E-state index contributed by atoms with van der Waals surface area (Å²) in [6.07, 6.45) is 3.10. The van der Waals surface area contributed by atoms with Gasteiger partial charge in [0.2, 0.25) is 0 Å². The van der Waals surface area contributed by atoms with E-state index in [4.69, 9.17) is 11.6 Å². The lowest BCUT2D eigenvalue weighted by molar-refractivity contribution is 0.894. The van der Waals surface area contributed by atoms with E-state index in [2.05, 4.69) is 37.3 Å². The molecular weight excluding hydrogens is 310 g/mol. The van der Waals surface area contributed by atoms with Gasteiger partial charge in [-0.3, -0.25) is 0 Å². The van der Waals surface area contributed by atoms with Crippen molar-refractivity contribution in [3.63, 3.8) is 0 Å². The second-order valence-corrected chi connectivity index (χ2v) is 6.01. The van der Waals surface area contributed by atoms with Crippen molar-refractivity contribution < 1.29 is 0 Å². The van der Waals surface area contributed by atoms with Gasteiger partial charge in [0, 0.05) is 13.6 Å². The third-order valence-corrected chi connectivity index (χ3v) is 3.87. The summed E-state index contributed by atoms with van der Waals surface area (Å²) in [6.45, 7) is 0.777. The van der Waals surface area contributed by atoms with Crippen LogP contribution in [0.5, 0.6) is 0 Å². The number of hydrogen-bond donors (Lipinski definition) is 0. The van der Waals surface area contributed by atoms with Gasteiger partial charge in [-0.1, -0.05) is 11.6 Å². The van der Waals surface area contributed by atoms with Gasteiger partial charge in [-0.2, -0.15) is 0 Å². The van der Waals surface area contributed by atoms with Gasteiger partial charge in [0.1, 0.15) is 11.3 Å². The van der Waals surface area contributed by atoms with E-state index in [1.165, 1.54) is 11.9 Å². The SMILES string of the molecule is CN(Cc1csc(Br)c1)c1ncncc1Cl. The fraction of sp³-hybridized carbons (Fsp3) is 0.200. The van der Waals surface area contributed by atoms with Crippen LogP contribution < -0.4 is 4.90 Å². The molecule has 0 atom stereocenters. The maximum atomic E-state index is 6.02. The summed E-state index contributed by atoms with van der Waals surface area (Å²) in [7, 11) is 1.96. The largest absolute Gasteiger partial charge is 0.354 e. The molecule has 0 bridgehead atoms. The Bertz CT molecular complexity index is 488. The Morgan fingerprint density at radius 1 is 1.56 bits per heavy atom. The van der Waals surface area contributed by atoms with Crippen LogP contribution in [0, 0.1) is 0 Å². The Morgan fingerprint density at radius 2 is 2.38 bits per heavy atom. The fourth-order valence-electron chi connectivity index (χ4n) is 1.36. The third kappa shape index (κ3) is 2.72. The van der Waals surface area contributed by atoms with E-state index >= 15 is 0 Å². The van der Waals surface area contributed by atoms with Gasteiger partial charge in [0.05, 0.1) is 9.98 Å². The molecule has 0 saturated carbocycles. The van der Waals surface area contributed by atoms with E-state index in [9.17, 15) is 0 Å². The summed E-state index contributed by atoms with van der Waals surface area (Å²) in [6, 6.07) is 2.09. The number of aromatic nitrogens is 2. The first-order chi connectivity index (χ1) is 7.66. The highest BCUT2D eigenvalue weighted by Crippen LogP contribution is 2.25. The minimum Gasteiger partial charge on any atom is -0.354 e. The molecule has 0 aliphatic heterocycles. The normalized spacial score (nSPS) is 10.4. The van der Waals surface area contributed by atoms with Crippen LogP contribution in [0.4, 0.5) is 5.82 Å². The first-order valence-electron chi connectivity index (χ1n) is 4.56. The number of nitrogens with zero attached hydrogens (tertiary/aromatic N) is 3. The molecule has 3 nitrogen and oxygen atoms in total. The van der Waals surface area contributed by atoms with Crippen molar-refractivity contribution in [3.05, 3.63) is 38.3 Å². The summed E-state index contributed by atoms with van der Waals surface area (Å²) in [5, 5.41) is 2.68. The van der Waals surface area contributed by atoms with E-state index in [-0.39, 0.29) is 0 Å². The van der Waals surface area contributed by atoms with Crippen molar-refractivity contribution in [1.82, 2.24) is 9.97 Å². The Kier molecular flexibility index (Phi) is 3.78. The third-order valence-electron chi connectivity index (χ3n) is 2.05. The van der Waals surface area contributed by atoms with Crippen molar-refractivity contribution in [1.29, 1.82) is 0 Å². The van der Waals surface area contributed by atoms with Crippen LogP contribution in [0.2, 0.25) is 5.02 Å². The average molecular weight is 319 g/mol. The molecule has 2 heterocycles. The summed E-state index contributed by atoms with van der Waals surface area (Å²) >= 11 is 11.1.